The number of carbonyl (C=O) groups is 2. The van der Waals surface area contributed by atoms with Crippen LogP contribution in [0.25, 0.3) is 0 Å². The van der Waals surface area contributed by atoms with Gasteiger partial charge < -0.3 is 10.2 Å². The summed E-state index contributed by atoms with van der Waals surface area (Å²) in [5.41, 5.74) is 1.68. The third-order valence-corrected chi connectivity index (χ3v) is 5.17. The average molecular weight is 328 g/mol. The fourth-order valence-corrected chi connectivity index (χ4v) is 3.62. The molecule has 1 aliphatic heterocycles. The van der Waals surface area contributed by atoms with Gasteiger partial charge in [0.2, 0.25) is 5.91 Å². The quantitative estimate of drug-likeness (QED) is 0.919. The predicted octanol–water partition coefficient (Wildman–Crippen LogP) is 2.65. The van der Waals surface area contributed by atoms with E-state index >= 15 is 0 Å². The number of carbonyl (C=O) groups excluding carboxylic acids is 2. The molecule has 0 saturated heterocycles. The molecule has 4 rings (SSSR count). The van der Waals surface area contributed by atoms with Crippen molar-refractivity contribution in [1.29, 1.82) is 0 Å². The lowest BCUT2D eigenvalue weighted by Crippen LogP contribution is -2.36. The zero-order valence-corrected chi connectivity index (χ0v) is 13.5. The van der Waals surface area contributed by atoms with Crippen molar-refractivity contribution in [3.63, 3.8) is 0 Å². The number of hydrogen-bond donors (Lipinski definition) is 1. The van der Waals surface area contributed by atoms with Crippen LogP contribution in [0.4, 0.5) is 11.4 Å². The van der Waals surface area contributed by atoms with Crippen LogP contribution in [-0.4, -0.2) is 28.3 Å². The summed E-state index contributed by atoms with van der Waals surface area (Å²) in [6.07, 6.45) is 5.53. The number of hydrogen-bond acceptors (Lipinski definition) is 5. The van der Waals surface area contributed by atoms with Crippen LogP contribution in [-0.2, 0) is 4.79 Å². The second kappa shape index (κ2) is 5.42. The summed E-state index contributed by atoms with van der Waals surface area (Å²) in [5.74, 6) is -0.0369. The Hall–Kier alpha value is -2.28. The zero-order chi connectivity index (χ0) is 16.0. The van der Waals surface area contributed by atoms with Crippen LogP contribution in [0.2, 0.25) is 0 Å². The molecular weight excluding hydrogens is 312 g/mol. The third-order valence-electron chi connectivity index (χ3n) is 4.17. The van der Waals surface area contributed by atoms with Gasteiger partial charge in [0.15, 0.2) is 0 Å². The summed E-state index contributed by atoms with van der Waals surface area (Å²) in [5, 5.41) is 5.71. The van der Waals surface area contributed by atoms with E-state index in [0.717, 1.165) is 17.8 Å². The van der Waals surface area contributed by atoms with E-state index in [1.165, 1.54) is 0 Å². The van der Waals surface area contributed by atoms with Crippen molar-refractivity contribution in [2.45, 2.75) is 25.7 Å². The van der Waals surface area contributed by atoms with Crippen LogP contribution in [0.5, 0.6) is 0 Å². The second-order valence-corrected chi connectivity index (χ2v) is 6.93. The Morgan fingerprint density at radius 3 is 3.04 bits per heavy atom. The molecule has 0 radical (unpaired) electrons. The Kier molecular flexibility index (Phi) is 3.37. The fourth-order valence-electron chi connectivity index (χ4n) is 2.65. The summed E-state index contributed by atoms with van der Waals surface area (Å²) >= 11 is 1.54. The highest BCUT2D eigenvalue weighted by Gasteiger charge is 2.32. The lowest BCUT2D eigenvalue weighted by atomic mass is 10.1. The maximum Gasteiger partial charge on any atom is 0.277 e. The molecule has 7 heteroatoms. The van der Waals surface area contributed by atoms with Crippen molar-refractivity contribution in [1.82, 2.24) is 9.97 Å². The topological polar surface area (TPSA) is 75.2 Å². The number of aromatic nitrogens is 2. The molecule has 0 aromatic carbocycles. The summed E-state index contributed by atoms with van der Waals surface area (Å²) in [4.78, 5) is 35.2. The van der Waals surface area contributed by atoms with Crippen molar-refractivity contribution in [3.8, 4) is 0 Å². The van der Waals surface area contributed by atoms with E-state index in [1.54, 1.807) is 34.7 Å². The van der Waals surface area contributed by atoms with Gasteiger partial charge >= 0.3 is 0 Å². The minimum atomic E-state index is -0.298. The normalized spacial score (nSPS) is 20.7. The number of nitrogens with one attached hydrogen (secondary N) is 1. The molecule has 3 heterocycles. The van der Waals surface area contributed by atoms with Gasteiger partial charge in [0.1, 0.15) is 5.69 Å². The van der Waals surface area contributed by atoms with Crippen molar-refractivity contribution in [3.05, 3.63) is 34.5 Å². The number of fused-ring (bicyclic) bond motifs is 1. The van der Waals surface area contributed by atoms with Crippen molar-refractivity contribution >= 4 is 34.5 Å². The van der Waals surface area contributed by atoms with E-state index < -0.39 is 0 Å². The van der Waals surface area contributed by atoms with E-state index in [1.807, 2.05) is 12.3 Å². The Labute approximate surface area is 137 Å². The van der Waals surface area contributed by atoms with Crippen LogP contribution in [0.1, 0.15) is 41.2 Å². The Morgan fingerprint density at radius 1 is 1.43 bits per heavy atom. The summed E-state index contributed by atoms with van der Waals surface area (Å²) in [6.45, 7) is 2.13. The Bertz CT molecular complexity index is 784. The third kappa shape index (κ3) is 2.61. The van der Waals surface area contributed by atoms with Crippen LogP contribution in [0.15, 0.2) is 23.8 Å². The van der Waals surface area contributed by atoms with E-state index in [4.69, 9.17) is 0 Å². The molecule has 1 N–H and O–H groups in total. The predicted molar refractivity (Wildman–Crippen MR) is 87.8 cm³/mol. The van der Waals surface area contributed by atoms with Crippen molar-refractivity contribution < 1.29 is 9.59 Å². The standard InChI is InChI=1S/C16H16N4O2S/c1-9-7-20(13-6-17-5-4-11(13)18-14(9)21)16(22)12-8-23-15(19-12)10-2-3-10/h4-6,8-10H,2-3,7H2,1H3,(H,18,21). The van der Waals surface area contributed by atoms with Gasteiger partial charge in [0.05, 0.1) is 28.5 Å². The monoisotopic (exact) mass is 328 g/mol. The number of rotatable bonds is 2. The summed E-state index contributed by atoms with van der Waals surface area (Å²) < 4.78 is 0. The lowest BCUT2D eigenvalue weighted by Gasteiger charge is -2.22. The molecule has 0 spiro atoms. The van der Waals surface area contributed by atoms with Crippen LogP contribution < -0.4 is 10.2 Å². The maximum atomic E-state index is 12.9. The van der Waals surface area contributed by atoms with E-state index in [0.29, 0.717) is 29.5 Å². The molecular formula is C16H16N4O2S. The fraction of sp³-hybridized carbons (Fsp3) is 0.375. The van der Waals surface area contributed by atoms with E-state index in [2.05, 4.69) is 15.3 Å². The zero-order valence-electron chi connectivity index (χ0n) is 12.7. The molecule has 23 heavy (non-hydrogen) atoms. The molecule has 2 aliphatic rings. The number of amides is 2. The van der Waals surface area contributed by atoms with Crippen LogP contribution in [0.3, 0.4) is 0 Å². The minimum Gasteiger partial charge on any atom is -0.324 e. The van der Waals surface area contributed by atoms with Gasteiger partial charge in [-0.3, -0.25) is 14.6 Å². The van der Waals surface area contributed by atoms with E-state index in [-0.39, 0.29) is 17.7 Å². The number of nitrogens with zero attached hydrogens (tertiary/aromatic N) is 3. The minimum absolute atomic E-state index is 0.0929. The lowest BCUT2D eigenvalue weighted by molar-refractivity contribution is -0.119. The van der Waals surface area contributed by atoms with Crippen LogP contribution >= 0.6 is 11.3 Å². The SMILES string of the molecule is CC1CN(C(=O)c2csc(C3CC3)n2)c2cnccc2NC1=O. The molecule has 1 atom stereocenters. The number of anilines is 2. The summed E-state index contributed by atoms with van der Waals surface area (Å²) in [6, 6.07) is 1.71. The molecule has 2 amide bonds. The highest BCUT2D eigenvalue weighted by Crippen LogP contribution is 2.41. The van der Waals surface area contributed by atoms with Crippen molar-refractivity contribution in [2.75, 3.05) is 16.8 Å². The first kappa shape index (κ1) is 14.3. The molecule has 118 valence electrons. The molecule has 0 bridgehead atoms. The number of pyridine rings is 1. The average Bonchev–Trinajstić information content (AvgIpc) is 3.31. The molecule has 1 fully saturated rings. The second-order valence-electron chi connectivity index (χ2n) is 6.04. The van der Waals surface area contributed by atoms with Crippen LogP contribution in [0, 0.1) is 5.92 Å². The van der Waals surface area contributed by atoms with Gasteiger partial charge in [-0.05, 0) is 18.9 Å². The Morgan fingerprint density at radius 2 is 2.26 bits per heavy atom. The van der Waals surface area contributed by atoms with Crippen molar-refractivity contribution in [2.24, 2.45) is 5.92 Å². The number of thiazole rings is 1. The highest BCUT2D eigenvalue weighted by atomic mass is 32.1. The van der Waals surface area contributed by atoms with Gasteiger partial charge in [-0.15, -0.1) is 11.3 Å². The molecule has 6 nitrogen and oxygen atoms in total. The van der Waals surface area contributed by atoms with Gasteiger partial charge in [-0.2, -0.15) is 0 Å². The first-order valence-electron chi connectivity index (χ1n) is 7.65. The smallest absolute Gasteiger partial charge is 0.277 e. The Balaban J connectivity index is 1.70. The first-order chi connectivity index (χ1) is 11.1. The molecule has 1 aliphatic carbocycles. The van der Waals surface area contributed by atoms with Gasteiger partial charge in [-0.25, -0.2) is 4.98 Å². The first-order valence-corrected chi connectivity index (χ1v) is 8.53. The molecule has 1 saturated carbocycles. The van der Waals surface area contributed by atoms with Gasteiger partial charge in [-0.1, -0.05) is 6.92 Å². The molecule has 2 aromatic rings. The van der Waals surface area contributed by atoms with Gasteiger partial charge in [0.25, 0.3) is 5.91 Å². The summed E-state index contributed by atoms with van der Waals surface area (Å²) in [7, 11) is 0. The molecule has 1 unspecified atom stereocenters. The maximum absolute atomic E-state index is 12.9. The van der Waals surface area contributed by atoms with E-state index in [9.17, 15) is 9.59 Å². The molecule has 2 aromatic heterocycles. The van der Waals surface area contributed by atoms with Gasteiger partial charge in [0, 0.05) is 24.0 Å². The largest absolute Gasteiger partial charge is 0.324 e. The highest BCUT2D eigenvalue weighted by molar-refractivity contribution is 7.10.